The van der Waals surface area contributed by atoms with Crippen LogP contribution in [0.1, 0.15) is 18.0 Å². The van der Waals surface area contributed by atoms with Gasteiger partial charge < -0.3 is 15.5 Å². The monoisotopic (exact) mass is 318 g/mol. The van der Waals surface area contributed by atoms with Gasteiger partial charge in [0.15, 0.2) is 0 Å². The summed E-state index contributed by atoms with van der Waals surface area (Å²) in [5.41, 5.74) is 1.18. The normalized spacial score (nSPS) is 17.4. The van der Waals surface area contributed by atoms with Gasteiger partial charge in [-0.1, -0.05) is 30.3 Å². The van der Waals surface area contributed by atoms with E-state index in [0.29, 0.717) is 32.6 Å². The second-order valence-electron chi connectivity index (χ2n) is 6.07. The van der Waals surface area contributed by atoms with E-state index in [4.69, 9.17) is 0 Å². The Labute approximate surface area is 137 Å². The molecule has 0 aliphatic carbocycles. The summed E-state index contributed by atoms with van der Waals surface area (Å²) in [5, 5.41) is 5.83. The molecule has 1 fully saturated rings. The topological polar surface area (TPSA) is 64.7 Å². The van der Waals surface area contributed by atoms with Crippen LogP contribution in [0.15, 0.2) is 30.3 Å². The molecule has 1 heterocycles. The minimum atomic E-state index is 0.00197. The molecule has 126 valence electrons. The largest absolute Gasteiger partial charge is 0.355 e. The number of carbonyl (C=O) groups is 2. The first-order valence-electron chi connectivity index (χ1n) is 8.03. The highest BCUT2D eigenvalue weighted by Gasteiger charge is 2.18. The lowest BCUT2D eigenvalue weighted by Crippen LogP contribution is -2.41. The summed E-state index contributed by atoms with van der Waals surface area (Å²) in [6.45, 7) is 2.87. The van der Waals surface area contributed by atoms with Crippen molar-refractivity contribution in [2.75, 3.05) is 46.8 Å². The Kier molecular flexibility index (Phi) is 6.55. The van der Waals surface area contributed by atoms with Crippen LogP contribution >= 0.6 is 0 Å². The van der Waals surface area contributed by atoms with Crippen LogP contribution in [0.4, 0.5) is 0 Å². The van der Waals surface area contributed by atoms with Gasteiger partial charge in [0.2, 0.25) is 11.8 Å². The summed E-state index contributed by atoms with van der Waals surface area (Å²) < 4.78 is 0. The van der Waals surface area contributed by atoms with Gasteiger partial charge in [-0.3, -0.25) is 14.5 Å². The molecule has 1 atom stereocenters. The number of nitrogens with zero attached hydrogens (tertiary/aromatic N) is 2. The first kappa shape index (κ1) is 17.4. The van der Waals surface area contributed by atoms with E-state index in [1.54, 1.807) is 0 Å². The van der Waals surface area contributed by atoms with E-state index in [2.05, 4.69) is 27.7 Å². The molecule has 0 radical (unpaired) electrons. The molecule has 0 bridgehead atoms. The number of amides is 2. The van der Waals surface area contributed by atoms with Crippen LogP contribution in [0.5, 0.6) is 0 Å². The molecule has 0 aromatic heterocycles. The lowest BCUT2D eigenvalue weighted by Gasteiger charge is -2.26. The van der Waals surface area contributed by atoms with Crippen molar-refractivity contribution in [3.05, 3.63) is 35.9 Å². The van der Waals surface area contributed by atoms with E-state index >= 15 is 0 Å². The van der Waals surface area contributed by atoms with Gasteiger partial charge in [0.05, 0.1) is 12.6 Å². The fourth-order valence-corrected chi connectivity index (χ4v) is 2.71. The SMILES string of the molecule is CN(C)[C@@H](CNC(=O)CN1CCNC(=O)CC1)c1ccccc1. The van der Waals surface area contributed by atoms with Crippen molar-refractivity contribution >= 4 is 11.8 Å². The average Bonchev–Trinajstić information content (AvgIpc) is 2.73. The molecular weight excluding hydrogens is 292 g/mol. The number of hydrogen-bond acceptors (Lipinski definition) is 4. The molecule has 23 heavy (non-hydrogen) atoms. The fraction of sp³-hybridized carbons (Fsp3) is 0.529. The maximum atomic E-state index is 12.2. The third-order valence-electron chi connectivity index (χ3n) is 4.07. The van der Waals surface area contributed by atoms with E-state index in [0.717, 1.165) is 6.54 Å². The molecule has 1 saturated heterocycles. The van der Waals surface area contributed by atoms with E-state index in [1.807, 2.05) is 37.2 Å². The summed E-state index contributed by atoms with van der Waals surface area (Å²) in [7, 11) is 4.02. The van der Waals surface area contributed by atoms with Gasteiger partial charge in [-0.05, 0) is 19.7 Å². The molecule has 0 unspecified atom stereocenters. The van der Waals surface area contributed by atoms with Crippen LogP contribution in [0.25, 0.3) is 0 Å². The van der Waals surface area contributed by atoms with Crippen LogP contribution in [0.2, 0.25) is 0 Å². The molecular formula is C17H26N4O2. The van der Waals surface area contributed by atoms with Crippen LogP contribution in [-0.2, 0) is 9.59 Å². The molecule has 6 heteroatoms. The average molecular weight is 318 g/mol. The van der Waals surface area contributed by atoms with Crippen molar-refractivity contribution in [3.8, 4) is 0 Å². The number of hydrogen-bond donors (Lipinski definition) is 2. The van der Waals surface area contributed by atoms with Gasteiger partial charge in [-0.2, -0.15) is 0 Å². The van der Waals surface area contributed by atoms with Gasteiger partial charge in [0.1, 0.15) is 0 Å². The number of carbonyl (C=O) groups excluding carboxylic acids is 2. The Hall–Kier alpha value is -1.92. The fourth-order valence-electron chi connectivity index (χ4n) is 2.71. The van der Waals surface area contributed by atoms with E-state index in [1.165, 1.54) is 5.56 Å². The zero-order valence-corrected chi connectivity index (χ0v) is 13.9. The van der Waals surface area contributed by atoms with Crippen LogP contribution in [-0.4, -0.2) is 68.4 Å². The van der Waals surface area contributed by atoms with Crippen LogP contribution in [0, 0.1) is 0 Å². The summed E-state index contributed by atoms with van der Waals surface area (Å²) in [5.74, 6) is 0.0618. The second kappa shape index (κ2) is 8.64. The maximum absolute atomic E-state index is 12.2. The maximum Gasteiger partial charge on any atom is 0.234 e. The molecule has 1 aliphatic heterocycles. The smallest absolute Gasteiger partial charge is 0.234 e. The Morgan fingerprint density at radius 2 is 2.04 bits per heavy atom. The molecule has 0 spiro atoms. The lowest BCUT2D eigenvalue weighted by atomic mass is 10.1. The zero-order chi connectivity index (χ0) is 16.7. The third-order valence-corrected chi connectivity index (χ3v) is 4.07. The van der Waals surface area contributed by atoms with Crippen molar-refractivity contribution in [2.24, 2.45) is 0 Å². The van der Waals surface area contributed by atoms with Gasteiger partial charge in [-0.15, -0.1) is 0 Å². The van der Waals surface area contributed by atoms with Crippen LogP contribution < -0.4 is 10.6 Å². The third kappa shape index (κ3) is 5.65. The summed E-state index contributed by atoms with van der Waals surface area (Å²) in [6.07, 6.45) is 0.456. The number of nitrogens with one attached hydrogen (secondary N) is 2. The lowest BCUT2D eigenvalue weighted by molar-refractivity contribution is -0.123. The summed E-state index contributed by atoms with van der Waals surface area (Å²) in [4.78, 5) is 27.6. The van der Waals surface area contributed by atoms with Crippen molar-refractivity contribution in [3.63, 3.8) is 0 Å². The highest BCUT2D eigenvalue weighted by Crippen LogP contribution is 2.16. The van der Waals surface area contributed by atoms with Crippen molar-refractivity contribution in [2.45, 2.75) is 12.5 Å². The van der Waals surface area contributed by atoms with Crippen molar-refractivity contribution < 1.29 is 9.59 Å². The number of rotatable bonds is 6. The molecule has 1 aliphatic rings. The standard InChI is InChI=1S/C17H26N4O2/c1-20(2)15(14-6-4-3-5-7-14)12-19-17(23)13-21-10-8-16(22)18-9-11-21/h3-7,15H,8-13H2,1-2H3,(H,18,22)(H,19,23)/t15-/m0/s1. The molecule has 2 rings (SSSR count). The quantitative estimate of drug-likeness (QED) is 0.788. The van der Waals surface area contributed by atoms with E-state index in [-0.39, 0.29) is 17.9 Å². The number of benzene rings is 1. The predicted molar refractivity (Wildman–Crippen MR) is 89.9 cm³/mol. The highest BCUT2D eigenvalue weighted by molar-refractivity contribution is 5.79. The molecule has 0 saturated carbocycles. The second-order valence-corrected chi connectivity index (χ2v) is 6.07. The molecule has 2 amide bonds. The summed E-state index contributed by atoms with van der Waals surface area (Å²) in [6, 6.07) is 10.3. The molecule has 2 N–H and O–H groups in total. The molecule has 1 aromatic rings. The Bertz CT molecular complexity index is 519. The Balaban J connectivity index is 1.83. The van der Waals surface area contributed by atoms with Crippen LogP contribution in [0.3, 0.4) is 0 Å². The van der Waals surface area contributed by atoms with Crippen molar-refractivity contribution in [1.82, 2.24) is 20.4 Å². The molecule has 6 nitrogen and oxygen atoms in total. The first-order chi connectivity index (χ1) is 11.1. The van der Waals surface area contributed by atoms with E-state index in [9.17, 15) is 9.59 Å². The molecule has 1 aromatic carbocycles. The zero-order valence-electron chi connectivity index (χ0n) is 13.9. The van der Waals surface area contributed by atoms with Gasteiger partial charge in [0, 0.05) is 32.6 Å². The van der Waals surface area contributed by atoms with Crippen molar-refractivity contribution in [1.29, 1.82) is 0 Å². The number of likely N-dealkylation sites (N-methyl/N-ethyl adjacent to an activating group) is 1. The Morgan fingerprint density at radius 3 is 2.74 bits per heavy atom. The first-order valence-corrected chi connectivity index (χ1v) is 8.03. The van der Waals surface area contributed by atoms with Gasteiger partial charge in [-0.25, -0.2) is 0 Å². The highest BCUT2D eigenvalue weighted by atomic mass is 16.2. The summed E-state index contributed by atoms with van der Waals surface area (Å²) >= 11 is 0. The minimum absolute atomic E-state index is 0.00197. The van der Waals surface area contributed by atoms with Gasteiger partial charge >= 0.3 is 0 Å². The van der Waals surface area contributed by atoms with Gasteiger partial charge in [0.25, 0.3) is 0 Å². The minimum Gasteiger partial charge on any atom is -0.355 e. The van der Waals surface area contributed by atoms with E-state index < -0.39 is 0 Å². The Morgan fingerprint density at radius 1 is 1.30 bits per heavy atom. The predicted octanol–water partition coefficient (Wildman–Crippen LogP) is 0.227.